The van der Waals surface area contributed by atoms with Crippen molar-refractivity contribution in [3.63, 3.8) is 0 Å². The summed E-state index contributed by atoms with van der Waals surface area (Å²) < 4.78 is 0. The smallest absolute Gasteiger partial charge is 0.251 e. The highest BCUT2D eigenvalue weighted by atomic mass is 16.2. The minimum atomic E-state index is -0.219. The molecule has 0 spiro atoms. The fraction of sp³-hybridized carbons (Fsp3) is 0.385. The second kappa shape index (κ2) is 9.17. The Morgan fingerprint density at radius 1 is 0.938 bits per heavy atom. The molecule has 0 radical (unpaired) electrons. The van der Waals surface area contributed by atoms with Crippen LogP contribution in [0.4, 0.5) is 0 Å². The number of nitrogens with one attached hydrogen (secondary N) is 3. The molecule has 3 N–H and O–H groups in total. The number of H-pyrrole nitrogens is 1. The molecule has 2 aromatic carbocycles. The monoisotopic (exact) mass is 430 g/mol. The van der Waals surface area contributed by atoms with E-state index in [4.69, 9.17) is 0 Å². The topological polar surface area (TPSA) is 77.2 Å². The third-order valence-corrected chi connectivity index (χ3v) is 6.99. The number of carbonyl (C=O) groups excluding carboxylic acids is 2. The van der Waals surface area contributed by atoms with Crippen molar-refractivity contribution in [1.82, 2.24) is 20.5 Å². The van der Waals surface area contributed by atoms with Gasteiger partial charge in [-0.1, -0.05) is 36.4 Å². The Morgan fingerprint density at radius 3 is 2.44 bits per heavy atom. The second-order valence-corrected chi connectivity index (χ2v) is 9.06. The molecule has 32 heavy (non-hydrogen) atoms. The number of hydrogen-bond donors (Lipinski definition) is 3. The van der Waals surface area contributed by atoms with Crippen molar-refractivity contribution in [2.75, 3.05) is 19.6 Å². The van der Waals surface area contributed by atoms with Gasteiger partial charge in [-0.3, -0.25) is 14.5 Å². The van der Waals surface area contributed by atoms with E-state index >= 15 is 0 Å². The van der Waals surface area contributed by atoms with Crippen LogP contribution in [0.5, 0.6) is 0 Å². The summed E-state index contributed by atoms with van der Waals surface area (Å²) in [6.07, 6.45) is 7.04. The average molecular weight is 431 g/mol. The summed E-state index contributed by atoms with van der Waals surface area (Å²) in [5.41, 5.74) is 3.26. The van der Waals surface area contributed by atoms with Crippen LogP contribution in [0, 0.1) is 0 Å². The predicted octanol–water partition coefficient (Wildman–Crippen LogP) is 3.42. The molecular weight excluding hydrogens is 400 g/mol. The van der Waals surface area contributed by atoms with Gasteiger partial charge in [-0.25, -0.2) is 0 Å². The van der Waals surface area contributed by atoms with Gasteiger partial charge in [-0.05, 0) is 55.4 Å². The third-order valence-electron chi connectivity index (χ3n) is 6.99. The van der Waals surface area contributed by atoms with E-state index < -0.39 is 0 Å². The van der Waals surface area contributed by atoms with Gasteiger partial charge in [0.15, 0.2) is 0 Å². The van der Waals surface area contributed by atoms with Crippen molar-refractivity contribution in [2.45, 2.75) is 43.7 Å². The summed E-state index contributed by atoms with van der Waals surface area (Å²) in [6, 6.07) is 18.3. The number of para-hydroxylation sites is 1. The fourth-order valence-electron chi connectivity index (χ4n) is 5.22. The van der Waals surface area contributed by atoms with Crippen molar-refractivity contribution < 1.29 is 9.59 Å². The zero-order valence-electron chi connectivity index (χ0n) is 18.2. The largest absolute Gasteiger partial charge is 0.361 e. The summed E-state index contributed by atoms with van der Waals surface area (Å²) in [4.78, 5) is 30.2. The van der Waals surface area contributed by atoms with E-state index in [1.54, 1.807) is 12.1 Å². The molecule has 2 fully saturated rings. The first-order chi connectivity index (χ1) is 15.7. The molecule has 1 aliphatic heterocycles. The second-order valence-electron chi connectivity index (χ2n) is 9.06. The molecule has 0 unspecified atom stereocenters. The normalized spacial score (nSPS) is 21.8. The summed E-state index contributed by atoms with van der Waals surface area (Å²) in [7, 11) is 0. The number of hydrogen-bond acceptors (Lipinski definition) is 3. The van der Waals surface area contributed by atoms with Crippen LogP contribution >= 0.6 is 0 Å². The molecule has 6 heteroatoms. The Labute approximate surface area is 188 Å². The number of fused-ring (bicyclic) bond motifs is 1. The molecule has 1 aromatic heterocycles. The van der Waals surface area contributed by atoms with Gasteiger partial charge in [0.05, 0.1) is 12.6 Å². The molecule has 6 nitrogen and oxygen atoms in total. The summed E-state index contributed by atoms with van der Waals surface area (Å²) in [6.45, 7) is 1.82. The molecule has 0 atom stereocenters. The maximum Gasteiger partial charge on any atom is 0.251 e. The lowest BCUT2D eigenvalue weighted by atomic mass is 9.80. The van der Waals surface area contributed by atoms with Crippen LogP contribution in [0.1, 0.15) is 47.5 Å². The van der Waals surface area contributed by atoms with Gasteiger partial charge in [0.2, 0.25) is 5.91 Å². The molecule has 5 rings (SSSR count). The van der Waals surface area contributed by atoms with E-state index in [1.165, 1.54) is 42.1 Å². The number of benzene rings is 2. The van der Waals surface area contributed by atoms with Gasteiger partial charge >= 0.3 is 0 Å². The number of aromatic nitrogens is 1. The van der Waals surface area contributed by atoms with Gasteiger partial charge in [-0.15, -0.1) is 0 Å². The number of rotatable bonds is 6. The highest BCUT2D eigenvalue weighted by Crippen LogP contribution is 2.38. The van der Waals surface area contributed by atoms with Crippen LogP contribution in [0.2, 0.25) is 0 Å². The van der Waals surface area contributed by atoms with E-state index in [0.717, 1.165) is 13.1 Å². The lowest BCUT2D eigenvalue weighted by Gasteiger charge is -2.46. The Morgan fingerprint density at radius 2 is 1.66 bits per heavy atom. The highest BCUT2D eigenvalue weighted by Gasteiger charge is 2.35. The van der Waals surface area contributed by atoms with Gasteiger partial charge in [0.1, 0.15) is 0 Å². The average Bonchev–Trinajstić information content (AvgIpc) is 3.24. The van der Waals surface area contributed by atoms with Gasteiger partial charge in [0.25, 0.3) is 5.91 Å². The zero-order valence-corrected chi connectivity index (χ0v) is 18.2. The molecule has 2 heterocycles. The number of aromatic amines is 1. The molecule has 3 aromatic rings. The molecule has 1 aliphatic carbocycles. The number of carbonyl (C=O) groups is 2. The summed E-state index contributed by atoms with van der Waals surface area (Å²) in [5.74, 6) is 0.289. The Bertz CT molecular complexity index is 1080. The first-order valence-corrected chi connectivity index (χ1v) is 11.6. The van der Waals surface area contributed by atoms with Crippen LogP contribution in [0.15, 0.2) is 60.8 Å². The van der Waals surface area contributed by atoms with Crippen molar-refractivity contribution in [1.29, 1.82) is 0 Å². The molecule has 2 amide bonds. The summed E-state index contributed by atoms with van der Waals surface area (Å²) >= 11 is 0. The number of nitrogens with zero attached hydrogens (tertiary/aromatic N) is 1. The van der Waals surface area contributed by atoms with Crippen LogP contribution in [0.25, 0.3) is 10.9 Å². The number of amides is 2. The summed E-state index contributed by atoms with van der Waals surface area (Å²) in [5, 5.41) is 7.10. The van der Waals surface area contributed by atoms with E-state index in [2.05, 4.69) is 51.0 Å². The van der Waals surface area contributed by atoms with Crippen LogP contribution in [-0.4, -0.2) is 53.4 Å². The minimum Gasteiger partial charge on any atom is -0.361 e. The van der Waals surface area contributed by atoms with E-state index in [9.17, 15) is 9.59 Å². The maximum atomic E-state index is 12.2. The van der Waals surface area contributed by atoms with E-state index in [-0.39, 0.29) is 24.4 Å². The molecule has 1 saturated carbocycles. The Balaban J connectivity index is 1.03. The van der Waals surface area contributed by atoms with Gasteiger partial charge < -0.3 is 15.6 Å². The van der Waals surface area contributed by atoms with Crippen LogP contribution in [0.3, 0.4) is 0 Å². The quantitative estimate of drug-likeness (QED) is 0.561. The molecule has 2 aliphatic rings. The first-order valence-electron chi connectivity index (χ1n) is 11.6. The molecular formula is C26H30N4O2. The molecule has 0 bridgehead atoms. The lowest BCUT2D eigenvalue weighted by Crippen LogP contribution is -2.63. The first kappa shape index (κ1) is 20.8. The fourth-order valence-corrected chi connectivity index (χ4v) is 5.22. The molecule has 166 valence electrons. The Kier molecular flexibility index (Phi) is 5.95. The third kappa shape index (κ3) is 4.41. The molecule has 1 saturated heterocycles. The van der Waals surface area contributed by atoms with Gasteiger partial charge in [-0.2, -0.15) is 0 Å². The Hall–Kier alpha value is -3.12. The zero-order chi connectivity index (χ0) is 21.9. The van der Waals surface area contributed by atoms with E-state index in [1.807, 2.05) is 18.2 Å². The van der Waals surface area contributed by atoms with Crippen LogP contribution < -0.4 is 10.6 Å². The highest BCUT2D eigenvalue weighted by molar-refractivity contribution is 5.96. The predicted molar refractivity (Wildman–Crippen MR) is 126 cm³/mol. The van der Waals surface area contributed by atoms with E-state index in [0.29, 0.717) is 17.5 Å². The van der Waals surface area contributed by atoms with Crippen molar-refractivity contribution in [3.8, 4) is 0 Å². The van der Waals surface area contributed by atoms with Crippen LogP contribution in [-0.2, 0) is 4.79 Å². The van der Waals surface area contributed by atoms with Crippen molar-refractivity contribution in [2.24, 2.45) is 0 Å². The van der Waals surface area contributed by atoms with Gasteiger partial charge in [0, 0.05) is 41.8 Å². The lowest BCUT2D eigenvalue weighted by molar-refractivity contribution is -0.122. The maximum absolute atomic E-state index is 12.2. The standard InChI is InChI=1S/C26H30N4O2/c31-25(15-28-26(32)19-6-2-1-3-7-19)29-20-16-30(17-20)21-12-10-18(11-13-21)23-14-27-24-9-5-4-8-22(23)24/h1-9,14,18,20-21,27H,10-13,15-17H2,(H,28,32)(H,29,31). The van der Waals surface area contributed by atoms with Crippen molar-refractivity contribution >= 4 is 22.7 Å². The number of likely N-dealkylation sites (tertiary alicyclic amines) is 1. The minimum absolute atomic E-state index is 0.0138. The SMILES string of the molecule is O=C(CNC(=O)c1ccccc1)NC1CN(C2CCC(c3c[nH]c4ccccc34)CC2)C1. The van der Waals surface area contributed by atoms with Crippen molar-refractivity contribution in [3.05, 3.63) is 71.9 Å².